The summed E-state index contributed by atoms with van der Waals surface area (Å²) in [6.45, 7) is 2.89. The topological polar surface area (TPSA) is 75.6 Å². The van der Waals surface area contributed by atoms with Crippen LogP contribution in [0, 0.1) is 0 Å². The van der Waals surface area contributed by atoms with E-state index in [1.165, 1.54) is 25.0 Å². The molecule has 3 aromatic rings. The summed E-state index contributed by atoms with van der Waals surface area (Å²) in [5, 5.41) is 3.10. The first-order chi connectivity index (χ1) is 14.4. The van der Waals surface area contributed by atoms with Gasteiger partial charge in [-0.2, -0.15) is 18.2 Å². The predicted octanol–water partition coefficient (Wildman–Crippen LogP) is 4.82. The molecule has 0 aliphatic heterocycles. The average molecular weight is 419 g/mol. The van der Waals surface area contributed by atoms with Gasteiger partial charge < -0.3 is 10.3 Å². The summed E-state index contributed by atoms with van der Waals surface area (Å²) in [5.74, 6) is 1.56. The average Bonchev–Trinajstić information content (AvgIpc) is 3.38. The van der Waals surface area contributed by atoms with Crippen molar-refractivity contribution in [2.45, 2.75) is 64.2 Å². The van der Waals surface area contributed by atoms with Crippen LogP contribution in [0.5, 0.6) is 0 Å². The monoisotopic (exact) mass is 419 g/mol. The van der Waals surface area contributed by atoms with Crippen molar-refractivity contribution in [3.05, 3.63) is 51.6 Å². The summed E-state index contributed by atoms with van der Waals surface area (Å²) < 4.78 is 40.1. The first-order valence-corrected chi connectivity index (χ1v) is 10.3. The Morgan fingerprint density at radius 3 is 2.50 bits per heavy atom. The van der Waals surface area contributed by atoms with E-state index in [1.54, 1.807) is 0 Å². The lowest BCUT2D eigenvalue weighted by Gasteiger charge is -2.14. The van der Waals surface area contributed by atoms with Crippen LogP contribution in [0.25, 0.3) is 11.2 Å². The highest BCUT2D eigenvalue weighted by atomic mass is 19.4. The Morgan fingerprint density at radius 1 is 1.17 bits per heavy atom. The van der Waals surface area contributed by atoms with Crippen LogP contribution in [-0.4, -0.2) is 19.5 Å². The van der Waals surface area contributed by atoms with E-state index < -0.39 is 11.7 Å². The smallest absolute Gasteiger partial charge is 0.351 e. The Balaban J connectivity index is 1.62. The fraction of sp³-hybridized carbons (Fsp3) is 0.476. The Labute approximate surface area is 171 Å². The molecule has 0 bridgehead atoms. The molecule has 0 amide bonds. The molecule has 2 N–H and O–H groups in total. The van der Waals surface area contributed by atoms with Gasteiger partial charge in [-0.3, -0.25) is 9.36 Å². The van der Waals surface area contributed by atoms with E-state index in [9.17, 15) is 18.0 Å². The number of rotatable bonds is 6. The van der Waals surface area contributed by atoms with Crippen LogP contribution in [-0.2, 0) is 19.3 Å². The Bertz CT molecular complexity index is 1080. The van der Waals surface area contributed by atoms with Gasteiger partial charge in [0.1, 0.15) is 5.82 Å². The van der Waals surface area contributed by atoms with E-state index in [-0.39, 0.29) is 12.1 Å². The van der Waals surface area contributed by atoms with Crippen molar-refractivity contribution in [3.63, 3.8) is 0 Å². The minimum atomic E-state index is -4.36. The van der Waals surface area contributed by atoms with E-state index >= 15 is 0 Å². The molecule has 1 aliphatic rings. The molecule has 0 spiro atoms. The molecule has 1 aromatic carbocycles. The molecule has 0 radical (unpaired) electrons. The minimum Gasteiger partial charge on any atom is -0.351 e. The molecule has 1 fully saturated rings. The molecule has 2 heterocycles. The SMILES string of the molecule is CCCn1c(NCc2ccc(C(F)(F)F)cc2)nc(=O)c2[nH]c(C3CCCC3)nc21. The molecular formula is C21H24F3N5O. The highest BCUT2D eigenvalue weighted by Gasteiger charge is 2.30. The quantitative estimate of drug-likeness (QED) is 0.601. The third-order valence-electron chi connectivity index (χ3n) is 5.56. The molecule has 6 nitrogen and oxygen atoms in total. The van der Waals surface area contributed by atoms with Crippen molar-refractivity contribution < 1.29 is 13.2 Å². The number of alkyl halides is 3. The highest BCUT2D eigenvalue weighted by molar-refractivity contribution is 5.72. The largest absolute Gasteiger partial charge is 0.416 e. The van der Waals surface area contributed by atoms with Gasteiger partial charge >= 0.3 is 11.7 Å². The number of imidazole rings is 1. The summed E-state index contributed by atoms with van der Waals surface area (Å²) in [6, 6.07) is 4.94. The van der Waals surface area contributed by atoms with Crippen molar-refractivity contribution in [2.24, 2.45) is 0 Å². The molecule has 0 saturated heterocycles. The molecule has 1 saturated carbocycles. The Kier molecular flexibility index (Phi) is 5.53. The maximum Gasteiger partial charge on any atom is 0.416 e. The number of aromatic nitrogens is 4. The number of aryl methyl sites for hydroxylation is 1. The first kappa shape index (κ1) is 20.4. The number of nitrogens with zero attached hydrogens (tertiary/aromatic N) is 3. The van der Waals surface area contributed by atoms with Gasteiger partial charge in [0.2, 0.25) is 5.95 Å². The highest BCUT2D eigenvalue weighted by Crippen LogP contribution is 2.33. The van der Waals surface area contributed by atoms with Gasteiger partial charge in [-0.25, -0.2) is 4.98 Å². The number of aromatic amines is 1. The van der Waals surface area contributed by atoms with Crippen LogP contribution in [0.15, 0.2) is 29.1 Å². The van der Waals surface area contributed by atoms with Gasteiger partial charge in [-0.1, -0.05) is 31.9 Å². The third-order valence-corrected chi connectivity index (χ3v) is 5.56. The van der Waals surface area contributed by atoms with Gasteiger partial charge in [0.05, 0.1) is 5.56 Å². The fourth-order valence-corrected chi connectivity index (χ4v) is 3.99. The Hall–Kier alpha value is -2.84. The van der Waals surface area contributed by atoms with Gasteiger partial charge in [-0.05, 0) is 37.0 Å². The van der Waals surface area contributed by atoms with E-state index in [1.807, 2.05) is 11.5 Å². The molecule has 9 heteroatoms. The van der Waals surface area contributed by atoms with Crippen molar-refractivity contribution in [1.82, 2.24) is 19.5 Å². The van der Waals surface area contributed by atoms with Crippen LogP contribution in [0.3, 0.4) is 0 Å². The third kappa shape index (κ3) is 4.06. The number of fused-ring (bicyclic) bond motifs is 1. The van der Waals surface area contributed by atoms with Crippen LogP contribution >= 0.6 is 0 Å². The molecule has 0 atom stereocenters. The minimum absolute atomic E-state index is 0.250. The zero-order chi connectivity index (χ0) is 21.3. The van der Waals surface area contributed by atoms with Gasteiger partial charge in [0.15, 0.2) is 11.2 Å². The molecule has 160 valence electrons. The molecule has 30 heavy (non-hydrogen) atoms. The molecule has 0 unspecified atom stereocenters. The summed E-state index contributed by atoms with van der Waals surface area (Å²) >= 11 is 0. The van der Waals surface area contributed by atoms with Gasteiger partial charge in [0, 0.05) is 19.0 Å². The summed E-state index contributed by atoms with van der Waals surface area (Å²) in [5.41, 5.74) is 0.571. The van der Waals surface area contributed by atoms with E-state index in [0.717, 1.165) is 37.2 Å². The summed E-state index contributed by atoms with van der Waals surface area (Å²) in [4.78, 5) is 24.7. The van der Waals surface area contributed by atoms with Crippen LogP contribution in [0.4, 0.5) is 19.1 Å². The number of benzene rings is 1. The molecule has 2 aromatic heterocycles. The van der Waals surface area contributed by atoms with Crippen molar-refractivity contribution in [3.8, 4) is 0 Å². The summed E-state index contributed by atoms with van der Waals surface area (Å²) in [7, 11) is 0. The zero-order valence-electron chi connectivity index (χ0n) is 16.7. The second-order valence-electron chi connectivity index (χ2n) is 7.74. The molecule has 1 aliphatic carbocycles. The lowest BCUT2D eigenvalue weighted by atomic mass is 10.1. The van der Waals surface area contributed by atoms with Gasteiger partial charge in [-0.15, -0.1) is 0 Å². The second kappa shape index (κ2) is 8.12. The lowest BCUT2D eigenvalue weighted by molar-refractivity contribution is -0.137. The Morgan fingerprint density at radius 2 is 1.87 bits per heavy atom. The van der Waals surface area contributed by atoms with Crippen molar-refractivity contribution >= 4 is 17.1 Å². The standard InChI is InChI=1S/C21H24F3N5O/c1-2-11-29-18-16(26-17(27-18)14-5-3-4-6-14)19(30)28-20(29)25-12-13-7-9-15(10-8-13)21(22,23)24/h7-10,14H,2-6,11-12H2,1H3,(H,26,27)(H,25,28,30). The maximum atomic E-state index is 12.7. The van der Waals surface area contributed by atoms with Crippen molar-refractivity contribution in [2.75, 3.05) is 5.32 Å². The lowest BCUT2D eigenvalue weighted by Crippen LogP contribution is -2.19. The second-order valence-corrected chi connectivity index (χ2v) is 7.74. The number of nitrogens with one attached hydrogen (secondary N) is 2. The van der Waals surface area contributed by atoms with Gasteiger partial charge in [0.25, 0.3) is 0 Å². The number of hydrogen-bond acceptors (Lipinski definition) is 4. The molecular weight excluding hydrogens is 395 g/mol. The normalized spacial score (nSPS) is 15.2. The van der Waals surface area contributed by atoms with Crippen LogP contribution in [0.2, 0.25) is 0 Å². The summed E-state index contributed by atoms with van der Waals surface area (Å²) in [6.07, 6.45) is 0.915. The number of halogens is 3. The van der Waals surface area contributed by atoms with E-state index in [4.69, 9.17) is 4.98 Å². The van der Waals surface area contributed by atoms with E-state index in [0.29, 0.717) is 35.1 Å². The molecule has 4 rings (SSSR count). The number of H-pyrrole nitrogens is 1. The fourth-order valence-electron chi connectivity index (χ4n) is 3.99. The van der Waals surface area contributed by atoms with E-state index in [2.05, 4.69) is 15.3 Å². The van der Waals surface area contributed by atoms with Crippen LogP contribution < -0.4 is 10.9 Å². The predicted molar refractivity (Wildman–Crippen MR) is 108 cm³/mol. The number of hydrogen-bond donors (Lipinski definition) is 2. The van der Waals surface area contributed by atoms with Crippen molar-refractivity contribution in [1.29, 1.82) is 0 Å². The van der Waals surface area contributed by atoms with Crippen LogP contribution in [0.1, 0.15) is 61.9 Å². The zero-order valence-corrected chi connectivity index (χ0v) is 16.7. The maximum absolute atomic E-state index is 12.7. The number of anilines is 1. The first-order valence-electron chi connectivity index (χ1n) is 10.3.